The molecule has 33 heavy (non-hydrogen) atoms. The normalized spacial score (nSPS) is 12.7. The summed E-state index contributed by atoms with van der Waals surface area (Å²) in [6, 6.07) is 14.8. The first-order chi connectivity index (χ1) is 15.6. The number of carboxylic acids is 1. The van der Waals surface area contributed by atoms with Gasteiger partial charge in [0.15, 0.2) is 6.10 Å². The number of ether oxygens (including phenoxy) is 1. The average molecular weight is 458 g/mol. The number of benzene rings is 3. The predicted octanol–water partition coefficient (Wildman–Crippen LogP) is 3.96. The molecular weight excluding hydrogens is 441 g/mol. The zero-order chi connectivity index (χ0) is 23.9. The number of aliphatic hydroxyl groups excluding tert-OH is 1. The summed E-state index contributed by atoms with van der Waals surface area (Å²) >= 11 is 0. The Morgan fingerprint density at radius 2 is 1.64 bits per heavy atom. The zero-order valence-corrected chi connectivity index (χ0v) is 16.8. The number of aliphatic carboxylic acids is 1. The molecule has 10 heteroatoms. The number of primary amides is 1. The third-order valence-corrected chi connectivity index (χ3v) is 5.22. The average Bonchev–Trinajstić information content (AvgIpc) is 3.06. The summed E-state index contributed by atoms with van der Waals surface area (Å²) in [4.78, 5) is 23.6. The van der Waals surface area contributed by atoms with E-state index in [9.17, 15) is 33.0 Å². The van der Waals surface area contributed by atoms with Crippen LogP contribution in [0.25, 0.3) is 21.8 Å². The largest absolute Gasteiger partial charge is 0.573 e. The number of carbonyl (C=O) groups is 2. The lowest BCUT2D eigenvalue weighted by Gasteiger charge is -2.12. The number of rotatable bonds is 6. The van der Waals surface area contributed by atoms with Crippen molar-refractivity contribution in [2.45, 2.75) is 19.0 Å². The van der Waals surface area contributed by atoms with E-state index in [-0.39, 0.29) is 23.4 Å². The number of amides is 1. The van der Waals surface area contributed by atoms with Crippen molar-refractivity contribution in [2.75, 3.05) is 0 Å². The molecule has 4 N–H and O–H groups in total. The number of hydrogen-bond donors (Lipinski definition) is 3. The Hall–Kier alpha value is -4.05. The fourth-order valence-corrected chi connectivity index (χ4v) is 3.97. The Morgan fingerprint density at radius 1 is 1.00 bits per heavy atom. The minimum absolute atomic E-state index is 0.0617. The van der Waals surface area contributed by atoms with Crippen LogP contribution in [-0.4, -0.2) is 33.0 Å². The summed E-state index contributed by atoms with van der Waals surface area (Å²) in [7, 11) is 0. The van der Waals surface area contributed by atoms with E-state index in [2.05, 4.69) is 4.74 Å². The van der Waals surface area contributed by atoms with Gasteiger partial charge in [0, 0.05) is 34.0 Å². The number of nitrogens with zero attached hydrogens (tertiary/aromatic N) is 1. The fraction of sp³-hybridized carbons (Fsp3) is 0.130. The minimum Gasteiger partial charge on any atom is -0.479 e. The van der Waals surface area contributed by atoms with Gasteiger partial charge in [-0.05, 0) is 35.9 Å². The molecular formula is C23H17F3N2O5. The first-order valence-electron chi connectivity index (χ1n) is 9.66. The maximum atomic E-state index is 12.6. The molecule has 1 amide bonds. The Kier molecular flexibility index (Phi) is 5.46. The Bertz CT molecular complexity index is 1390. The molecule has 0 saturated carbocycles. The number of nitrogens with two attached hydrogens (primary N) is 1. The summed E-state index contributed by atoms with van der Waals surface area (Å²) in [6.07, 6.45) is -6.71. The number of aromatic nitrogens is 1. The lowest BCUT2D eigenvalue weighted by atomic mass is 9.99. The van der Waals surface area contributed by atoms with E-state index in [0.29, 0.717) is 27.4 Å². The highest BCUT2D eigenvalue weighted by Crippen LogP contribution is 2.37. The van der Waals surface area contributed by atoms with Gasteiger partial charge in [-0.1, -0.05) is 30.3 Å². The Morgan fingerprint density at radius 3 is 2.27 bits per heavy atom. The molecule has 4 aromatic rings. The minimum atomic E-state index is -4.84. The van der Waals surface area contributed by atoms with Gasteiger partial charge in [0.2, 0.25) is 5.91 Å². The molecule has 0 aliphatic carbocycles. The number of fused-ring (bicyclic) bond motifs is 3. The van der Waals surface area contributed by atoms with Gasteiger partial charge < -0.3 is 25.3 Å². The van der Waals surface area contributed by atoms with Gasteiger partial charge in [-0.2, -0.15) is 0 Å². The number of aliphatic hydroxyl groups is 1. The molecule has 0 fully saturated rings. The number of carbonyl (C=O) groups excluding carboxylic acids is 1. The zero-order valence-electron chi connectivity index (χ0n) is 16.8. The molecule has 1 aromatic heterocycles. The van der Waals surface area contributed by atoms with Crippen LogP contribution in [0.4, 0.5) is 13.2 Å². The van der Waals surface area contributed by atoms with E-state index in [0.717, 1.165) is 0 Å². The molecule has 170 valence electrons. The second-order valence-corrected chi connectivity index (χ2v) is 7.33. The maximum Gasteiger partial charge on any atom is 0.573 e. The third kappa shape index (κ3) is 4.20. The molecule has 0 aliphatic heterocycles. The monoisotopic (exact) mass is 458 g/mol. The number of alkyl halides is 3. The molecule has 0 aliphatic rings. The van der Waals surface area contributed by atoms with Crippen LogP contribution >= 0.6 is 0 Å². The summed E-state index contributed by atoms with van der Waals surface area (Å²) < 4.78 is 43.6. The molecule has 1 unspecified atom stereocenters. The van der Waals surface area contributed by atoms with E-state index < -0.39 is 24.3 Å². The topological polar surface area (TPSA) is 115 Å². The van der Waals surface area contributed by atoms with Gasteiger partial charge in [-0.3, -0.25) is 4.79 Å². The van der Waals surface area contributed by atoms with Crippen molar-refractivity contribution >= 4 is 33.7 Å². The highest BCUT2D eigenvalue weighted by molar-refractivity contribution is 6.19. The molecule has 0 saturated heterocycles. The van der Waals surface area contributed by atoms with Crippen LogP contribution in [0.1, 0.15) is 27.6 Å². The highest BCUT2D eigenvalue weighted by Gasteiger charge is 2.31. The second-order valence-electron chi connectivity index (χ2n) is 7.33. The first-order valence-corrected chi connectivity index (χ1v) is 9.66. The molecule has 7 nitrogen and oxygen atoms in total. The van der Waals surface area contributed by atoms with Gasteiger partial charge in [-0.25, -0.2) is 4.79 Å². The van der Waals surface area contributed by atoms with Gasteiger partial charge in [0.05, 0.1) is 5.52 Å². The SMILES string of the molecule is NC(=O)c1cccc2c1c1c(C(O)C(=O)O)cccc1n2Cc1cccc(OC(F)(F)F)c1. The van der Waals surface area contributed by atoms with Crippen molar-refractivity contribution in [3.05, 3.63) is 77.4 Å². The van der Waals surface area contributed by atoms with Crippen molar-refractivity contribution in [3.63, 3.8) is 0 Å². The standard InChI is InChI=1S/C23H17F3N2O5/c24-23(25,26)33-13-5-1-4-12(10-13)11-28-16-8-2-6-14(20(29)22(31)32)18(16)19-15(21(27)30)7-3-9-17(19)28/h1-10,20,29H,11H2,(H2,27,30)(H,31,32). The van der Waals surface area contributed by atoms with Crippen molar-refractivity contribution in [3.8, 4) is 5.75 Å². The second kappa shape index (κ2) is 8.14. The fourth-order valence-electron chi connectivity index (χ4n) is 3.97. The highest BCUT2D eigenvalue weighted by atomic mass is 19.4. The van der Waals surface area contributed by atoms with Crippen molar-refractivity contribution < 1.29 is 37.7 Å². The van der Waals surface area contributed by atoms with Crippen molar-refractivity contribution in [1.82, 2.24) is 4.57 Å². The smallest absolute Gasteiger partial charge is 0.479 e. The van der Waals surface area contributed by atoms with Crippen LogP contribution < -0.4 is 10.5 Å². The summed E-state index contributed by atoms with van der Waals surface area (Å²) in [5, 5.41) is 20.3. The Balaban J connectivity index is 1.97. The molecule has 3 aromatic carbocycles. The molecule has 0 bridgehead atoms. The van der Waals surface area contributed by atoms with Gasteiger partial charge in [0.1, 0.15) is 5.75 Å². The van der Waals surface area contributed by atoms with E-state index in [1.165, 1.54) is 30.3 Å². The van der Waals surface area contributed by atoms with E-state index in [4.69, 9.17) is 5.73 Å². The van der Waals surface area contributed by atoms with Gasteiger partial charge in [-0.15, -0.1) is 13.2 Å². The third-order valence-electron chi connectivity index (χ3n) is 5.22. The van der Waals surface area contributed by atoms with Crippen molar-refractivity contribution in [1.29, 1.82) is 0 Å². The molecule has 1 atom stereocenters. The number of carboxylic acid groups (broad SMARTS) is 1. The number of halogens is 3. The molecule has 4 rings (SSSR count). The number of hydrogen-bond acceptors (Lipinski definition) is 4. The van der Waals surface area contributed by atoms with Crippen LogP contribution in [0.5, 0.6) is 5.75 Å². The lowest BCUT2D eigenvalue weighted by molar-refractivity contribution is -0.274. The van der Waals surface area contributed by atoms with Crippen LogP contribution in [0, 0.1) is 0 Å². The molecule has 0 spiro atoms. The van der Waals surface area contributed by atoms with Gasteiger partial charge >= 0.3 is 12.3 Å². The van der Waals surface area contributed by atoms with E-state index in [1.54, 1.807) is 34.9 Å². The predicted molar refractivity (Wildman–Crippen MR) is 113 cm³/mol. The van der Waals surface area contributed by atoms with E-state index in [1.807, 2.05) is 0 Å². The summed E-state index contributed by atoms with van der Waals surface area (Å²) in [5.41, 5.74) is 7.16. The lowest BCUT2D eigenvalue weighted by Crippen LogP contribution is -2.17. The molecule has 0 radical (unpaired) electrons. The van der Waals surface area contributed by atoms with Crippen LogP contribution in [0.3, 0.4) is 0 Å². The summed E-state index contributed by atoms with van der Waals surface area (Å²) in [6.45, 7) is 0.0733. The van der Waals surface area contributed by atoms with Crippen molar-refractivity contribution in [2.24, 2.45) is 5.73 Å². The van der Waals surface area contributed by atoms with Gasteiger partial charge in [0.25, 0.3) is 0 Å². The van der Waals surface area contributed by atoms with Crippen LogP contribution in [-0.2, 0) is 11.3 Å². The van der Waals surface area contributed by atoms with Crippen LogP contribution in [0.2, 0.25) is 0 Å². The Labute approximate surface area is 184 Å². The summed E-state index contributed by atoms with van der Waals surface area (Å²) in [5.74, 6) is -2.61. The quantitative estimate of drug-likeness (QED) is 0.405. The molecule has 1 heterocycles. The maximum absolute atomic E-state index is 12.6. The van der Waals surface area contributed by atoms with E-state index >= 15 is 0 Å². The van der Waals surface area contributed by atoms with Crippen LogP contribution in [0.15, 0.2) is 60.7 Å². The first kappa shape index (κ1) is 22.2.